The SMILES string of the molecule is CCC(=O)c1ccc(Cc2ccccc2)o1. The molecule has 0 saturated carbocycles. The normalized spacial score (nSPS) is 10.3. The number of hydrogen-bond donors (Lipinski definition) is 0. The minimum absolute atomic E-state index is 0.0549. The van der Waals surface area contributed by atoms with Crippen LogP contribution < -0.4 is 0 Å². The van der Waals surface area contributed by atoms with Gasteiger partial charge in [-0.2, -0.15) is 0 Å². The molecular weight excluding hydrogens is 200 g/mol. The smallest absolute Gasteiger partial charge is 0.197 e. The Morgan fingerprint density at radius 1 is 1.12 bits per heavy atom. The minimum atomic E-state index is 0.0549. The quantitative estimate of drug-likeness (QED) is 0.729. The fourth-order valence-corrected chi connectivity index (χ4v) is 1.59. The summed E-state index contributed by atoms with van der Waals surface area (Å²) >= 11 is 0. The van der Waals surface area contributed by atoms with Gasteiger partial charge in [-0.3, -0.25) is 4.79 Å². The van der Waals surface area contributed by atoms with Crippen molar-refractivity contribution in [3.05, 3.63) is 59.5 Å². The van der Waals surface area contributed by atoms with Crippen molar-refractivity contribution in [2.45, 2.75) is 19.8 Å². The summed E-state index contributed by atoms with van der Waals surface area (Å²) in [5.74, 6) is 1.36. The van der Waals surface area contributed by atoms with Crippen LogP contribution in [0.1, 0.15) is 35.2 Å². The van der Waals surface area contributed by atoms with Crippen molar-refractivity contribution in [1.82, 2.24) is 0 Å². The van der Waals surface area contributed by atoms with Crippen LogP contribution in [0, 0.1) is 0 Å². The molecule has 82 valence electrons. The van der Waals surface area contributed by atoms with Crippen LogP contribution in [0.25, 0.3) is 0 Å². The van der Waals surface area contributed by atoms with Crippen molar-refractivity contribution in [3.63, 3.8) is 0 Å². The lowest BCUT2D eigenvalue weighted by molar-refractivity contribution is 0.0960. The molecule has 2 heteroatoms. The zero-order chi connectivity index (χ0) is 11.4. The minimum Gasteiger partial charge on any atom is -0.458 e. The summed E-state index contributed by atoms with van der Waals surface area (Å²) in [5, 5.41) is 0. The summed E-state index contributed by atoms with van der Waals surface area (Å²) in [4.78, 5) is 11.4. The molecule has 0 aliphatic heterocycles. The van der Waals surface area contributed by atoms with Crippen LogP contribution in [-0.2, 0) is 6.42 Å². The summed E-state index contributed by atoms with van der Waals surface area (Å²) < 4.78 is 5.49. The van der Waals surface area contributed by atoms with E-state index in [0.717, 1.165) is 12.2 Å². The van der Waals surface area contributed by atoms with E-state index in [-0.39, 0.29) is 5.78 Å². The third kappa shape index (κ3) is 2.40. The molecule has 0 atom stereocenters. The van der Waals surface area contributed by atoms with E-state index >= 15 is 0 Å². The van der Waals surface area contributed by atoms with Gasteiger partial charge in [0, 0.05) is 12.8 Å². The zero-order valence-corrected chi connectivity index (χ0v) is 9.27. The van der Waals surface area contributed by atoms with Gasteiger partial charge in [-0.15, -0.1) is 0 Å². The number of Topliss-reactive ketones (excluding diaryl/α,β-unsaturated/α-hetero) is 1. The Kier molecular flexibility index (Phi) is 3.20. The van der Waals surface area contributed by atoms with Crippen molar-refractivity contribution >= 4 is 5.78 Å². The summed E-state index contributed by atoms with van der Waals surface area (Å²) in [7, 11) is 0. The lowest BCUT2D eigenvalue weighted by Crippen LogP contribution is -1.92. The first kappa shape index (κ1) is 10.7. The van der Waals surface area contributed by atoms with Gasteiger partial charge in [0.2, 0.25) is 0 Å². The average Bonchev–Trinajstić information content (AvgIpc) is 2.78. The fraction of sp³-hybridized carbons (Fsp3) is 0.214. The van der Waals surface area contributed by atoms with E-state index in [9.17, 15) is 4.79 Å². The molecule has 0 aliphatic rings. The molecule has 1 aromatic heterocycles. The largest absolute Gasteiger partial charge is 0.458 e. The number of furan rings is 1. The van der Waals surface area contributed by atoms with Crippen molar-refractivity contribution in [2.75, 3.05) is 0 Å². The molecule has 16 heavy (non-hydrogen) atoms. The highest BCUT2D eigenvalue weighted by atomic mass is 16.3. The second-order valence-electron chi connectivity index (χ2n) is 3.71. The third-order valence-electron chi connectivity index (χ3n) is 2.48. The summed E-state index contributed by atoms with van der Waals surface area (Å²) in [6.07, 6.45) is 1.22. The van der Waals surface area contributed by atoms with Gasteiger partial charge in [-0.05, 0) is 17.7 Å². The van der Waals surface area contributed by atoms with Gasteiger partial charge in [0.25, 0.3) is 0 Å². The average molecular weight is 214 g/mol. The second-order valence-corrected chi connectivity index (χ2v) is 3.71. The topological polar surface area (TPSA) is 30.2 Å². The van der Waals surface area contributed by atoms with Crippen molar-refractivity contribution < 1.29 is 9.21 Å². The molecule has 0 N–H and O–H groups in total. The molecule has 0 unspecified atom stereocenters. The predicted octanol–water partition coefficient (Wildman–Crippen LogP) is 3.46. The van der Waals surface area contributed by atoms with Gasteiger partial charge >= 0.3 is 0 Å². The van der Waals surface area contributed by atoms with E-state index in [1.807, 2.05) is 43.3 Å². The van der Waals surface area contributed by atoms with Gasteiger partial charge in [0.1, 0.15) is 5.76 Å². The van der Waals surface area contributed by atoms with Crippen LogP contribution in [0.2, 0.25) is 0 Å². The molecule has 0 radical (unpaired) electrons. The number of rotatable bonds is 4. The Labute approximate surface area is 94.9 Å². The maximum atomic E-state index is 11.4. The van der Waals surface area contributed by atoms with Crippen molar-refractivity contribution in [3.8, 4) is 0 Å². The summed E-state index contributed by atoms with van der Waals surface area (Å²) in [5.41, 5.74) is 1.19. The predicted molar refractivity (Wildman–Crippen MR) is 62.6 cm³/mol. The number of carbonyl (C=O) groups is 1. The molecule has 0 fully saturated rings. The van der Waals surface area contributed by atoms with Crippen LogP contribution in [0.15, 0.2) is 46.9 Å². The lowest BCUT2D eigenvalue weighted by atomic mass is 10.1. The molecule has 2 aromatic rings. The van der Waals surface area contributed by atoms with Crippen LogP contribution in [-0.4, -0.2) is 5.78 Å². The van der Waals surface area contributed by atoms with Crippen LogP contribution in [0.5, 0.6) is 0 Å². The third-order valence-corrected chi connectivity index (χ3v) is 2.48. The second kappa shape index (κ2) is 4.79. The fourth-order valence-electron chi connectivity index (χ4n) is 1.59. The van der Waals surface area contributed by atoms with E-state index in [1.165, 1.54) is 5.56 Å². The number of ketones is 1. The van der Waals surface area contributed by atoms with Gasteiger partial charge < -0.3 is 4.42 Å². The van der Waals surface area contributed by atoms with E-state index in [1.54, 1.807) is 6.07 Å². The Balaban J connectivity index is 2.12. The number of carbonyl (C=O) groups excluding carboxylic acids is 1. The number of hydrogen-bond acceptors (Lipinski definition) is 2. The van der Waals surface area contributed by atoms with Gasteiger partial charge in [0.05, 0.1) is 0 Å². The van der Waals surface area contributed by atoms with E-state index in [0.29, 0.717) is 12.2 Å². The number of benzene rings is 1. The molecule has 0 aliphatic carbocycles. The van der Waals surface area contributed by atoms with Crippen LogP contribution >= 0.6 is 0 Å². The lowest BCUT2D eigenvalue weighted by Gasteiger charge is -1.97. The first-order chi connectivity index (χ1) is 7.79. The van der Waals surface area contributed by atoms with Crippen molar-refractivity contribution in [2.24, 2.45) is 0 Å². The highest BCUT2D eigenvalue weighted by Crippen LogP contribution is 2.14. The highest BCUT2D eigenvalue weighted by molar-refractivity contribution is 5.93. The molecule has 0 spiro atoms. The van der Waals surface area contributed by atoms with Gasteiger partial charge in [0.15, 0.2) is 11.5 Å². The molecule has 1 heterocycles. The molecule has 1 aromatic carbocycles. The molecule has 2 rings (SSSR count). The molecule has 0 amide bonds. The molecular formula is C14H14O2. The Morgan fingerprint density at radius 2 is 1.88 bits per heavy atom. The standard InChI is InChI=1S/C14H14O2/c1-2-13(15)14-9-8-12(16-14)10-11-6-4-3-5-7-11/h3-9H,2,10H2,1H3. The maximum absolute atomic E-state index is 11.4. The van der Waals surface area contributed by atoms with E-state index in [4.69, 9.17) is 4.42 Å². The summed E-state index contributed by atoms with van der Waals surface area (Å²) in [6.45, 7) is 1.84. The van der Waals surface area contributed by atoms with E-state index < -0.39 is 0 Å². The van der Waals surface area contributed by atoms with Crippen molar-refractivity contribution in [1.29, 1.82) is 0 Å². The Hall–Kier alpha value is -1.83. The molecule has 2 nitrogen and oxygen atoms in total. The van der Waals surface area contributed by atoms with Gasteiger partial charge in [-0.25, -0.2) is 0 Å². The first-order valence-electron chi connectivity index (χ1n) is 5.45. The van der Waals surface area contributed by atoms with Gasteiger partial charge in [-0.1, -0.05) is 37.3 Å². The Bertz CT molecular complexity index is 468. The maximum Gasteiger partial charge on any atom is 0.197 e. The zero-order valence-electron chi connectivity index (χ0n) is 9.27. The monoisotopic (exact) mass is 214 g/mol. The molecule has 0 saturated heterocycles. The van der Waals surface area contributed by atoms with Crippen LogP contribution in [0.3, 0.4) is 0 Å². The first-order valence-corrected chi connectivity index (χ1v) is 5.45. The van der Waals surface area contributed by atoms with Crippen LogP contribution in [0.4, 0.5) is 0 Å². The highest BCUT2D eigenvalue weighted by Gasteiger charge is 2.08. The van der Waals surface area contributed by atoms with E-state index in [2.05, 4.69) is 0 Å². The summed E-state index contributed by atoms with van der Waals surface area (Å²) in [6, 6.07) is 13.7. The Morgan fingerprint density at radius 3 is 2.56 bits per heavy atom. The molecule has 0 bridgehead atoms.